The zero-order chi connectivity index (χ0) is 19.6. The Morgan fingerprint density at radius 3 is 2.59 bits per heavy atom. The lowest BCUT2D eigenvalue weighted by Crippen LogP contribution is -2.40. The van der Waals surface area contributed by atoms with Crippen LogP contribution < -0.4 is 10.1 Å². The third kappa shape index (κ3) is 4.10. The molecular formula is C19H24N4O4. The number of nitrogens with one attached hydrogen (secondary N) is 1. The van der Waals surface area contributed by atoms with Crippen LogP contribution in [0, 0.1) is 12.8 Å². The normalized spacial score (nSPS) is 19.3. The van der Waals surface area contributed by atoms with Crippen molar-refractivity contribution in [2.24, 2.45) is 5.92 Å². The van der Waals surface area contributed by atoms with Crippen LogP contribution in [-0.4, -0.2) is 44.1 Å². The van der Waals surface area contributed by atoms with Gasteiger partial charge in [0, 0.05) is 6.04 Å². The molecule has 27 heavy (non-hydrogen) atoms. The summed E-state index contributed by atoms with van der Waals surface area (Å²) in [4.78, 5) is 23.9. The van der Waals surface area contributed by atoms with Gasteiger partial charge in [-0.25, -0.2) is 4.68 Å². The average Bonchev–Trinajstić information content (AvgIpc) is 3.22. The summed E-state index contributed by atoms with van der Waals surface area (Å²) in [5.41, 5.74) is 1.56. The highest BCUT2D eigenvalue weighted by atomic mass is 16.5. The Morgan fingerprint density at radius 2 is 1.96 bits per heavy atom. The van der Waals surface area contributed by atoms with Gasteiger partial charge in [0.15, 0.2) is 5.69 Å². The number of nitrogens with zero attached hydrogens (tertiary/aromatic N) is 3. The Hall–Kier alpha value is -2.90. The van der Waals surface area contributed by atoms with E-state index >= 15 is 0 Å². The van der Waals surface area contributed by atoms with Crippen LogP contribution in [-0.2, 0) is 4.79 Å². The summed E-state index contributed by atoms with van der Waals surface area (Å²) in [5.74, 6) is -1.05. The summed E-state index contributed by atoms with van der Waals surface area (Å²) in [7, 11) is 0. The number of amides is 1. The molecule has 1 heterocycles. The van der Waals surface area contributed by atoms with Gasteiger partial charge in [-0.05, 0) is 57.9 Å². The van der Waals surface area contributed by atoms with Crippen molar-refractivity contribution < 1.29 is 19.4 Å². The van der Waals surface area contributed by atoms with Crippen molar-refractivity contribution in [1.29, 1.82) is 0 Å². The number of rotatable bonds is 6. The van der Waals surface area contributed by atoms with E-state index < -0.39 is 17.8 Å². The monoisotopic (exact) mass is 372 g/mol. The highest BCUT2D eigenvalue weighted by Crippen LogP contribution is 2.26. The zero-order valence-electron chi connectivity index (χ0n) is 15.7. The van der Waals surface area contributed by atoms with Gasteiger partial charge in [-0.1, -0.05) is 11.6 Å². The van der Waals surface area contributed by atoms with E-state index in [1.807, 2.05) is 38.1 Å². The number of aliphatic carboxylic acids is 1. The maximum atomic E-state index is 12.6. The van der Waals surface area contributed by atoms with E-state index in [0.717, 1.165) is 17.9 Å². The molecule has 0 unspecified atom stereocenters. The largest absolute Gasteiger partial charge is 0.491 e. The first-order valence-corrected chi connectivity index (χ1v) is 9.10. The fraction of sp³-hybridized carbons (Fsp3) is 0.474. The Morgan fingerprint density at radius 1 is 1.26 bits per heavy atom. The standard InChI is InChI=1S/C19H24N4O4/c1-11(2)27-14-9-7-13(8-10-14)23-12(3)17(21-22-23)18(24)20-16-6-4-5-15(16)19(25)26/h7-11,15-16H,4-6H2,1-3H3,(H,20,24)(H,25,26)/t15-,16+/m0/s1. The molecule has 0 spiro atoms. The van der Waals surface area contributed by atoms with E-state index in [-0.39, 0.29) is 17.8 Å². The summed E-state index contributed by atoms with van der Waals surface area (Å²) in [6.07, 6.45) is 2.12. The predicted octanol–water partition coefficient (Wildman–Crippen LogP) is 2.35. The molecule has 2 aromatic rings. The molecule has 1 fully saturated rings. The van der Waals surface area contributed by atoms with Gasteiger partial charge < -0.3 is 15.2 Å². The Balaban J connectivity index is 1.74. The molecule has 2 N–H and O–H groups in total. The minimum Gasteiger partial charge on any atom is -0.491 e. The quantitative estimate of drug-likeness (QED) is 0.806. The van der Waals surface area contributed by atoms with E-state index in [1.165, 1.54) is 0 Å². The van der Waals surface area contributed by atoms with E-state index in [2.05, 4.69) is 15.6 Å². The highest BCUT2D eigenvalue weighted by Gasteiger charge is 2.34. The molecular weight excluding hydrogens is 348 g/mol. The van der Waals surface area contributed by atoms with E-state index in [1.54, 1.807) is 11.6 Å². The molecule has 1 saturated carbocycles. The van der Waals surface area contributed by atoms with Crippen molar-refractivity contribution >= 4 is 11.9 Å². The first kappa shape index (κ1) is 18.9. The van der Waals surface area contributed by atoms with Crippen molar-refractivity contribution in [2.45, 2.75) is 52.2 Å². The summed E-state index contributed by atoms with van der Waals surface area (Å²) < 4.78 is 7.21. The molecule has 2 atom stereocenters. The number of carboxylic acid groups (broad SMARTS) is 1. The molecule has 1 aliphatic carbocycles. The summed E-state index contributed by atoms with van der Waals surface area (Å²) in [6.45, 7) is 5.68. The number of carbonyl (C=O) groups excluding carboxylic acids is 1. The first-order chi connectivity index (χ1) is 12.9. The van der Waals surface area contributed by atoms with Gasteiger partial charge in [-0.2, -0.15) is 0 Å². The van der Waals surface area contributed by atoms with Crippen LogP contribution in [0.3, 0.4) is 0 Å². The van der Waals surface area contributed by atoms with Gasteiger partial charge in [0.25, 0.3) is 5.91 Å². The van der Waals surface area contributed by atoms with Gasteiger partial charge in [0.2, 0.25) is 0 Å². The van der Waals surface area contributed by atoms with Crippen LogP contribution in [0.15, 0.2) is 24.3 Å². The lowest BCUT2D eigenvalue weighted by Gasteiger charge is -2.16. The third-order valence-corrected chi connectivity index (χ3v) is 4.71. The minimum absolute atomic E-state index is 0.0875. The number of carboxylic acids is 1. The summed E-state index contributed by atoms with van der Waals surface area (Å²) in [6, 6.07) is 7.00. The van der Waals surface area contributed by atoms with Crippen LogP contribution in [0.5, 0.6) is 5.75 Å². The maximum absolute atomic E-state index is 12.6. The Labute approximate surface area is 157 Å². The van der Waals surface area contributed by atoms with Gasteiger partial charge in [-0.15, -0.1) is 5.10 Å². The second-order valence-electron chi connectivity index (χ2n) is 7.05. The molecule has 1 aromatic carbocycles. The van der Waals surface area contributed by atoms with Crippen LogP contribution in [0.25, 0.3) is 5.69 Å². The van der Waals surface area contributed by atoms with Crippen molar-refractivity contribution in [1.82, 2.24) is 20.3 Å². The molecule has 0 bridgehead atoms. The number of hydrogen-bond donors (Lipinski definition) is 2. The van der Waals surface area contributed by atoms with Crippen molar-refractivity contribution in [3.8, 4) is 11.4 Å². The molecule has 8 heteroatoms. The molecule has 0 saturated heterocycles. The first-order valence-electron chi connectivity index (χ1n) is 9.10. The van der Waals surface area contributed by atoms with Crippen LogP contribution >= 0.6 is 0 Å². The van der Waals surface area contributed by atoms with Crippen molar-refractivity contribution in [3.63, 3.8) is 0 Å². The van der Waals surface area contributed by atoms with Crippen LogP contribution in [0.2, 0.25) is 0 Å². The molecule has 1 aliphatic rings. The van der Waals surface area contributed by atoms with E-state index in [4.69, 9.17) is 4.74 Å². The smallest absolute Gasteiger partial charge is 0.308 e. The number of aromatic nitrogens is 3. The molecule has 144 valence electrons. The minimum atomic E-state index is -0.873. The maximum Gasteiger partial charge on any atom is 0.308 e. The predicted molar refractivity (Wildman–Crippen MR) is 98.1 cm³/mol. The van der Waals surface area contributed by atoms with E-state index in [0.29, 0.717) is 18.5 Å². The second kappa shape index (κ2) is 7.77. The number of hydrogen-bond acceptors (Lipinski definition) is 5. The highest BCUT2D eigenvalue weighted by molar-refractivity contribution is 5.93. The molecule has 0 aliphatic heterocycles. The number of benzene rings is 1. The van der Waals surface area contributed by atoms with Crippen LogP contribution in [0.4, 0.5) is 0 Å². The van der Waals surface area contributed by atoms with Gasteiger partial charge >= 0.3 is 5.97 Å². The van der Waals surface area contributed by atoms with Crippen LogP contribution in [0.1, 0.15) is 49.3 Å². The molecule has 0 radical (unpaired) electrons. The van der Waals surface area contributed by atoms with Gasteiger partial charge in [0.05, 0.1) is 23.4 Å². The Kier molecular flexibility index (Phi) is 5.43. The lowest BCUT2D eigenvalue weighted by atomic mass is 10.0. The Bertz CT molecular complexity index is 829. The summed E-state index contributed by atoms with van der Waals surface area (Å²) in [5, 5.41) is 20.1. The fourth-order valence-corrected chi connectivity index (χ4v) is 3.39. The van der Waals surface area contributed by atoms with Crippen molar-refractivity contribution in [2.75, 3.05) is 0 Å². The number of ether oxygens (including phenoxy) is 1. The number of carbonyl (C=O) groups is 2. The SMILES string of the molecule is Cc1c(C(=O)N[C@@H]2CCC[C@@H]2C(=O)O)nnn1-c1ccc(OC(C)C)cc1. The fourth-order valence-electron chi connectivity index (χ4n) is 3.39. The lowest BCUT2D eigenvalue weighted by molar-refractivity contribution is -0.142. The summed E-state index contributed by atoms with van der Waals surface area (Å²) >= 11 is 0. The van der Waals surface area contributed by atoms with E-state index in [9.17, 15) is 14.7 Å². The molecule has 1 aromatic heterocycles. The van der Waals surface area contributed by atoms with Gasteiger partial charge in [0.1, 0.15) is 5.75 Å². The van der Waals surface area contributed by atoms with Crippen molar-refractivity contribution in [3.05, 3.63) is 35.7 Å². The second-order valence-corrected chi connectivity index (χ2v) is 7.05. The third-order valence-electron chi connectivity index (χ3n) is 4.71. The topological polar surface area (TPSA) is 106 Å². The molecule has 3 rings (SSSR count). The zero-order valence-corrected chi connectivity index (χ0v) is 15.7. The molecule has 1 amide bonds. The van der Waals surface area contributed by atoms with Gasteiger partial charge in [-0.3, -0.25) is 9.59 Å². The average molecular weight is 372 g/mol. The molecule has 8 nitrogen and oxygen atoms in total.